The predicted octanol–water partition coefficient (Wildman–Crippen LogP) is 5.61. The summed E-state index contributed by atoms with van der Waals surface area (Å²) in [6.45, 7) is 6.04. The van der Waals surface area contributed by atoms with Crippen LogP contribution in [-0.2, 0) is 9.47 Å². The van der Waals surface area contributed by atoms with Crippen molar-refractivity contribution in [1.29, 1.82) is 0 Å². The van der Waals surface area contributed by atoms with Gasteiger partial charge in [-0.15, -0.1) is 0 Å². The molecule has 0 spiro atoms. The van der Waals surface area contributed by atoms with Crippen LogP contribution < -0.4 is 0 Å². The summed E-state index contributed by atoms with van der Waals surface area (Å²) in [7, 11) is 0. The van der Waals surface area contributed by atoms with E-state index in [4.69, 9.17) is 9.47 Å². The molecule has 2 fully saturated rings. The molecule has 2 aliphatic carbocycles. The van der Waals surface area contributed by atoms with Gasteiger partial charge in [0, 0.05) is 0 Å². The summed E-state index contributed by atoms with van der Waals surface area (Å²) in [4.78, 5) is 25.4. The molecule has 0 bridgehead atoms. The Hall–Kier alpha value is -1.84. The molecule has 0 aliphatic heterocycles. The van der Waals surface area contributed by atoms with Crippen LogP contribution in [0.15, 0.2) is 18.2 Å². The van der Waals surface area contributed by atoms with Crippen LogP contribution in [0.4, 0.5) is 0 Å². The Balaban J connectivity index is 1.71. The van der Waals surface area contributed by atoms with E-state index in [-0.39, 0.29) is 18.0 Å². The molecule has 0 amide bonds. The molecule has 2 aliphatic rings. The number of ether oxygens (including phenoxy) is 2. The number of esters is 2. The topological polar surface area (TPSA) is 52.6 Å². The molecule has 1 aromatic carbocycles. The lowest BCUT2D eigenvalue weighted by atomic mass is 9.86. The zero-order chi connectivity index (χ0) is 19.4. The van der Waals surface area contributed by atoms with Gasteiger partial charge >= 0.3 is 11.9 Å². The van der Waals surface area contributed by atoms with Gasteiger partial charge in [0.05, 0.1) is 11.1 Å². The maximum absolute atomic E-state index is 12.7. The van der Waals surface area contributed by atoms with Crippen LogP contribution >= 0.6 is 0 Å². The lowest BCUT2D eigenvalue weighted by molar-refractivity contribution is -0.0269. The zero-order valence-corrected chi connectivity index (χ0v) is 16.9. The van der Waals surface area contributed by atoms with E-state index in [0.29, 0.717) is 17.0 Å². The van der Waals surface area contributed by atoms with Crippen LogP contribution in [0.25, 0.3) is 0 Å². The number of hydrogen-bond acceptors (Lipinski definition) is 4. The first-order valence-corrected chi connectivity index (χ1v) is 10.4. The third kappa shape index (κ3) is 5.12. The fraction of sp³-hybridized carbons (Fsp3) is 0.652. The molecular formula is C23H32O4. The molecule has 4 nitrogen and oxygen atoms in total. The molecule has 2 atom stereocenters. The molecule has 27 heavy (non-hydrogen) atoms. The van der Waals surface area contributed by atoms with E-state index < -0.39 is 5.60 Å². The van der Waals surface area contributed by atoms with Crippen molar-refractivity contribution in [1.82, 2.24) is 0 Å². The van der Waals surface area contributed by atoms with E-state index in [1.54, 1.807) is 18.2 Å². The predicted molar refractivity (Wildman–Crippen MR) is 105 cm³/mol. The van der Waals surface area contributed by atoms with Gasteiger partial charge in [0.15, 0.2) is 0 Å². The van der Waals surface area contributed by atoms with E-state index >= 15 is 0 Å². The lowest BCUT2D eigenvalue weighted by Gasteiger charge is -2.33. The summed E-state index contributed by atoms with van der Waals surface area (Å²) >= 11 is 0. The van der Waals surface area contributed by atoms with Crippen LogP contribution in [0.2, 0.25) is 0 Å². The van der Waals surface area contributed by atoms with Crippen molar-refractivity contribution < 1.29 is 19.1 Å². The number of benzene rings is 1. The average Bonchev–Trinajstić information content (AvgIpc) is 2.63. The number of aryl methyl sites for hydroxylation is 1. The highest BCUT2D eigenvalue weighted by molar-refractivity contribution is 5.95. The molecule has 0 radical (unpaired) electrons. The molecule has 148 valence electrons. The Morgan fingerprint density at radius 1 is 0.926 bits per heavy atom. The number of carbonyl (C=O) groups excluding carboxylic acids is 2. The van der Waals surface area contributed by atoms with E-state index in [1.165, 1.54) is 12.8 Å². The molecule has 3 rings (SSSR count). The zero-order valence-electron chi connectivity index (χ0n) is 16.9. The first-order valence-electron chi connectivity index (χ1n) is 10.4. The standard InChI is InChI=1S/C23H32O4/c1-16-13-18(21(24)26-20-10-6-5-9-17(20)2)15-19(14-16)22(25)27-23(3)11-7-4-8-12-23/h13-15,17,20H,4-12H2,1-3H3. The van der Waals surface area contributed by atoms with E-state index in [9.17, 15) is 9.59 Å². The summed E-state index contributed by atoms with van der Waals surface area (Å²) in [5.41, 5.74) is 1.35. The van der Waals surface area contributed by atoms with Crippen molar-refractivity contribution in [3.05, 3.63) is 34.9 Å². The summed E-state index contributed by atoms with van der Waals surface area (Å²) in [6.07, 6.45) is 9.49. The first-order chi connectivity index (χ1) is 12.9. The van der Waals surface area contributed by atoms with Crippen LogP contribution in [0.1, 0.15) is 97.9 Å². The van der Waals surface area contributed by atoms with E-state index in [2.05, 4.69) is 6.92 Å². The Kier molecular flexibility index (Phi) is 6.23. The summed E-state index contributed by atoms with van der Waals surface area (Å²) in [6, 6.07) is 5.20. The Morgan fingerprint density at radius 3 is 2.22 bits per heavy atom. The average molecular weight is 373 g/mol. The highest BCUT2D eigenvalue weighted by Gasteiger charge is 2.31. The molecule has 0 N–H and O–H groups in total. The molecule has 0 heterocycles. The maximum atomic E-state index is 12.7. The minimum atomic E-state index is -0.392. The Morgan fingerprint density at radius 2 is 1.56 bits per heavy atom. The van der Waals surface area contributed by atoms with Crippen molar-refractivity contribution in [3.63, 3.8) is 0 Å². The van der Waals surface area contributed by atoms with Crippen LogP contribution in [-0.4, -0.2) is 23.6 Å². The first kappa shape index (κ1) is 19.9. The van der Waals surface area contributed by atoms with Gasteiger partial charge in [-0.1, -0.05) is 19.8 Å². The smallest absolute Gasteiger partial charge is 0.338 e. The highest BCUT2D eigenvalue weighted by atomic mass is 16.6. The van der Waals surface area contributed by atoms with Gasteiger partial charge in [-0.2, -0.15) is 0 Å². The van der Waals surface area contributed by atoms with Gasteiger partial charge in [-0.25, -0.2) is 9.59 Å². The van der Waals surface area contributed by atoms with Gasteiger partial charge in [0.2, 0.25) is 0 Å². The summed E-state index contributed by atoms with van der Waals surface area (Å²) < 4.78 is 11.6. The normalized spacial score (nSPS) is 24.9. The third-order valence-electron chi connectivity index (χ3n) is 6.09. The summed E-state index contributed by atoms with van der Waals surface area (Å²) in [5.74, 6) is -0.290. The van der Waals surface area contributed by atoms with Crippen molar-refractivity contribution >= 4 is 11.9 Å². The van der Waals surface area contributed by atoms with Gasteiger partial charge in [0.25, 0.3) is 0 Å². The number of hydrogen-bond donors (Lipinski definition) is 0. The maximum Gasteiger partial charge on any atom is 0.338 e. The molecule has 0 aromatic heterocycles. The molecule has 0 saturated heterocycles. The SMILES string of the molecule is Cc1cc(C(=O)OC2CCCCC2C)cc(C(=O)OC2(C)CCCCC2)c1. The van der Waals surface area contributed by atoms with Gasteiger partial charge in [-0.05, 0) is 88.5 Å². The van der Waals surface area contributed by atoms with E-state index in [1.807, 2.05) is 13.8 Å². The van der Waals surface area contributed by atoms with E-state index in [0.717, 1.165) is 50.5 Å². The quantitative estimate of drug-likeness (QED) is 0.645. The number of carbonyl (C=O) groups is 2. The second kappa shape index (κ2) is 8.45. The fourth-order valence-corrected chi connectivity index (χ4v) is 4.37. The highest BCUT2D eigenvalue weighted by Crippen LogP contribution is 2.32. The van der Waals surface area contributed by atoms with Crippen molar-refractivity contribution in [2.45, 2.75) is 90.3 Å². The fourth-order valence-electron chi connectivity index (χ4n) is 4.37. The Bertz CT molecular complexity index is 688. The molecule has 2 saturated carbocycles. The van der Waals surface area contributed by atoms with Crippen LogP contribution in [0.5, 0.6) is 0 Å². The molecule has 4 heteroatoms. The largest absolute Gasteiger partial charge is 0.459 e. The monoisotopic (exact) mass is 372 g/mol. The van der Waals surface area contributed by atoms with Gasteiger partial charge in [0.1, 0.15) is 11.7 Å². The van der Waals surface area contributed by atoms with Crippen molar-refractivity contribution in [2.75, 3.05) is 0 Å². The minimum Gasteiger partial charge on any atom is -0.459 e. The second-order valence-electron chi connectivity index (χ2n) is 8.69. The van der Waals surface area contributed by atoms with Crippen molar-refractivity contribution in [2.24, 2.45) is 5.92 Å². The summed E-state index contributed by atoms with van der Waals surface area (Å²) in [5, 5.41) is 0. The minimum absolute atomic E-state index is 0.0247. The van der Waals surface area contributed by atoms with Gasteiger partial charge < -0.3 is 9.47 Å². The van der Waals surface area contributed by atoms with Gasteiger partial charge in [-0.3, -0.25) is 0 Å². The molecular weight excluding hydrogens is 340 g/mol. The van der Waals surface area contributed by atoms with Crippen LogP contribution in [0, 0.1) is 12.8 Å². The third-order valence-corrected chi connectivity index (χ3v) is 6.09. The molecule has 1 aromatic rings. The van der Waals surface area contributed by atoms with Crippen molar-refractivity contribution in [3.8, 4) is 0 Å². The number of rotatable bonds is 4. The second-order valence-corrected chi connectivity index (χ2v) is 8.69. The lowest BCUT2D eigenvalue weighted by Crippen LogP contribution is -2.34. The molecule has 2 unspecified atom stereocenters. The van der Waals surface area contributed by atoms with Crippen LogP contribution in [0.3, 0.4) is 0 Å². The Labute approximate surface area is 162 Å².